The molecular formula is C13H28IN3. The molecule has 2 unspecified atom stereocenters. The summed E-state index contributed by atoms with van der Waals surface area (Å²) >= 11 is 0. The number of nitrogens with two attached hydrogens (primary N) is 1. The van der Waals surface area contributed by atoms with Gasteiger partial charge in [0.2, 0.25) is 0 Å². The Labute approximate surface area is 123 Å². The summed E-state index contributed by atoms with van der Waals surface area (Å²) in [6.07, 6.45) is 5.45. The van der Waals surface area contributed by atoms with E-state index in [0.717, 1.165) is 24.9 Å². The van der Waals surface area contributed by atoms with Crippen molar-refractivity contribution in [1.82, 2.24) is 5.32 Å². The van der Waals surface area contributed by atoms with Crippen LogP contribution < -0.4 is 11.1 Å². The summed E-state index contributed by atoms with van der Waals surface area (Å²) in [7, 11) is 0. The van der Waals surface area contributed by atoms with Crippen molar-refractivity contribution in [2.24, 2.45) is 28.5 Å². The predicted molar refractivity (Wildman–Crippen MR) is 85.9 cm³/mol. The Hall–Kier alpha value is 0. The molecule has 0 aromatic carbocycles. The van der Waals surface area contributed by atoms with Gasteiger partial charge in [-0.05, 0) is 30.6 Å². The lowest BCUT2D eigenvalue weighted by molar-refractivity contribution is 0.282. The number of halogens is 1. The zero-order chi connectivity index (χ0) is 12.0. The zero-order valence-corrected chi connectivity index (χ0v) is 13.7. The Bertz CT molecular complexity index is 229. The van der Waals surface area contributed by atoms with E-state index in [4.69, 9.17) is 5.73 Å². The third kappa shape index (κ3) is 7.84. The van der Waals surface area contributed by atoms with Crippen molar-refractivity contribution in [2.45, 2.75) is 46.5 Å². The molecule has 17 heavy (non-hydrogen) atoms. The quantitative estimate of drug-likeness (QED) is 0.464. The van der Waals surface area contributed by atoms with Crippen molar-refractivity contribution >= 4 is 29.9 Å². The van der Waals surface area contributed by atoms with Crippen LogP contribution in [0.3, 0.4) is 0 Å². The normalized spacial score (nSPS) is 25.5. The molecule has 1 aliphatic rings. The lowest BCUT2D eigenvalue weighted by atomic mass is 9.82. The monoisotopic (exact) mass is 353 g/mol. The van der Waals surface area contributed by atoms with E-state index in [1.54, 1.807) is 0 Å². The van der Waals surface area contributed by atoms with E-state index in [9.17, 15) is 0 Å². The molecule has 0 saturated heterocycles. The summed E-state index contributed by atoms with van der Waals surface area (Å²) in [5.41, 5.74) is 5.81. The van der Waals surface area contributed by atoms with Crippen molar-refractivity contribution in [3.63, 3.8) is 0 Å². The predicted octanol–water partition coefficient (Wildman–Crippen LogP) is 2.99. The maximum Gasteiger partial charge on any atom is 0.188 e. The van der Waals surface area contributed by atoms with E-state index in [2.05, 4.69) is 31.1 Å². The molecule has 0 aromatic rings. The Morgan fingerprint density at radius 1 is 1.41 bits per heavy atom. The Balaban J connectivity index is 0.00000256. The van der Waals surface area contributed by atoms with E-state index >= 15 is 0 Å². The molecule has 1 fully saturated rings. The van der Waals surface area contributed by atoms with Crippen molar-refractivity contribution in [2.75, 3.05) is 13.1 Å². The minimum atomic E-state index is 0. The van der Waals surface area contributed by atoms with Gasteiger partial charge in [-0.2, -0.15) is 0 Å². The van der Waals surface area contributed by atoms with E-state index < -0.39 is 0 Å². The van der Waals surface area contributed by atoms with Crippen LogP contribution in [0.4, 0.5) is 0 Å². The van der Waals surface area contributed by atoms with Crippen LogP contribution in [-0.2, 0) is 0 Å². The van der Waals surface area contributed by atoms with E-state index in [0.29, 0.717) is 11.9 Å². The Morgan fingerprint density at radius 2 is 2.12 bits per heavy atom. The van der Waals surface area contributed by atoms with Gasteiger partial charge in [0.1, 0.15) is 0 Å². The van der Waals surface area contributed by atoms with Crippen LogP contribution >= 0.6 is 24.0 Å². The molecule has 0 amide bonds. The lowest BCUT2D eigenvalue weighted by Crippen LogP contribution is -2.37. The molecule has 1 saturated carbocycles. The average molecular weight is 353 g/mol. The second-order valence-corrected chi connectivity index (χ2v) is 5.64. The topological polar surface area (TPSA) is 50.4 Å². The molecule has 0 aliphatic heterocycles. The van der Waals surface area contributed by atoms with Gasteiger partial charge in [-0.1, -0.05) is 33.6 Å². The number of hydrogen-bond acceptors (Lipinski definition) is 1. The highest BCUT2D eigenvalue weighted by Gasteiger charge is 2.18. The fraction of sp³-hybridized carbons (Fsp3) is 0.923. The Kier molecular flexibility index (Phi) is 9.00. The van der Waals surface area contributed by atoms with Crippen LogP contribution in [-0.4, -0.2) is 19.0 Å². The van der Waals surface area contributed by atoms with Gasteiger partial charge < -0.3 is 11.1 Å². The average Bonchev–Trinajstić information content (AvgIpc) is 2.23. The smallest absolute Gasteiger partial charge is 0.188 e. The summed E-state index contributed by atoms with van der Waals surface area (Å²) in [5.74, 6) is 2.87. The molecule has 0 spiro atoms. The van der Waals surface area contributed by atoms with Gasteiger partial charge in [-0.25, -0.2) is 0 Å². The number of rotatable bonds is 4. The molecule has 0 aromatic heterocycles. The van der Waals surface area contributed by atoms with Gasteiger partial charge in [0.25, 0.3) is 0 Å². The number of nitrogens with one attached hydrogen (secondary N) is 1. The first-order valence-electron chi connectivity index (χ1n) is 6.61. The van der Waals surface area contributed by atoms with Crippen molar-refractivity contribution in [3.05, 3.63) is 0 Å². The van der Waals surface area contributed by atoms with Gasteiger partial charge in [0, 0.05) is 13.1 Å². The number of nitrogens with zero attached hydrogens (tertiary/aromatic N) is 1. The minimum absolute atomic E-state index is 0. The highest BCUT2D eigenvalue weighted by Crippen LogP contribution is 2.27. The fourth-order valence-corrected chi connectivity index (χ4v) is 2.33. The maximum atomic E-state index is 5.81. The molecule has 3 N–H and O–H groups in total. The molecule has 3 nitrogen and oxygen atoms in total. The van der Waals surface area contributed by atoms with Crippen molar-refractivity contribution < 1.29 is 0 Å². The molecule has 0 radical (unpaired) electrons. The van der Waals surface area contributed by atoms with Gasteiger partial charge in [-0.15, -0.1) is 24.0 Å². The van der Waals surface area contributed by atoms with Gasteiger partial charge >= 0.3 is 0 Å². The number of aliphatic imine (C=N–C) groups is 1. The number of guanidine groups is 1. The molecule has 0 heterocycles. The molecule has 0 bridgehead atoms. The summed E-state index contributed by atoms with van der Waals surface area (Å²) in [5, 5.41) is 3.26. The van der Waals surface area contributed by atoms with Crippen molar-refractivity contribution in [1.29, 1.82) is 0 Å². The maximum absolute atomic E-state index is 5.81. The van der Waals surface area contributed by atoms with E-state index in [-0.39, 0.29) is 24.0 Å². The lowest BCUT2D eigenvalue weighted by Gasteiger charge is -2.26. The molecule has 1 aliphatic carbocycles. The molecule has 2 atom stereocenters. The van der Waals surface area contributed by atoms with Gasteiger partial charge in [-0.3, -0.25) is 4.99 Å². The summed E-state index contributed by atoms with van der Waals surface area (Å²) in [6, 6.07) is 0. The molecule has 102 valence electrons. The highest BCUT2D eigenvalue weighted by molar-refractivity contribution is 14.0. The van der Waals surface area contributed by atoms with E-state index in [1.165, 1.54) is 25.7 Å². The third-order valence-corrected chi connectivity index (χ3v) is 3.24. The molecule has 4 heteroatoms. The van der Waals surface area contributed by atoms with Crippen LogP contribution in [0.5, 0.6) is 0 Å². The summed E-state index contributed by atoms with van der Waals surface area (Å²) in [4.78, 5) is 4.31. The standard InChI is InChI=1S/C13H27N3.HI/c1-10(2)8-15-13(14)16-9-12-6-4-5-11(3)7-12;/h10-12H,4-9H2,1-3H3,(H3,14,15,16);1H. The number of hydrogen-bond donors (Lipinski definition) is 2. The zero-order valence-electron chi connectivity index (χ0n) is 11.4. The highest BCUT2D eigenvalue weighted by atomic mass is 127. The first-order chi connectivity index (χ1) is 7.58. The van der Waals surface area contributed by atoms with Crippen LogP contribution in [0, 0.1) is 17.8 Å². The third-order valence-electron chi connectivity index (χ3n) is 3.24. The van der Waals surface area contributed by atoms with E-state index in [1.807, 2.05) is 0 Å². The van der Waals surface area contributed by atoms with Crippen LogP contribution in [0.15, 0.2) is 4.99 Å². The van der Waals surface area contributed by atoms with Crippen LogP contribution in [0.1, 0.15) is 46.5 Å². The summed E-state index contributed by atoms with van der Waals surface area (Å²) in [6.45, 7) is 8.47. The van der Waals surface area contributed by atoms with Crippen molar-refractivity contribution in [3.8, 4) is 0 Å². The van der Waals surface area contributed by atoms with Gasteiger partial charge in [0.05, 0.1) is 0 Å². The second kappa shape index (κ2) is 9.00. The molecule has 1 rings (SSSR count). The van der Waals surface area contributed by atoms with Crippen LogP contribution in [0.2, 0.25) is 0 Å². The first-order valence-corrected chi connectivity index (χ1v) is 6.61. The largest absolute Gasteiger partial charge is 0.370 e. The van der Waals surface area contributed by atoms with Crippen LogP contribution in [0.25, 0.3) is 0 Å². The first kappa shape index (κ1) is 17.0. The van der Waals surface area contributed by atoms with Gasteiger partial charge in [0.15, 0.2) is 5.96 Å². The Morgan fingerprint density at radius 3 is 2.71 bits per heavy atom. The second-order valence-electron chi connectivity index (χ2n) is 5.64. The minimum Gasteiger partial charge on any atom is -0.370 e. The summed E-state index contributed by atoms with van der Waals surface area (Å²) < 4.78 is 0. The SMILES string of the molecule is CC(C)CN=C(N)NCC1CCCC(C)C1.I. The fourth-order valence-electron chi connectivity index (χ4n) is 2.33. The molecular weight excluding hydrogens is 325 g/mol.